The lowest BCUT2D eigenvalue weighted by Gasteiger charge is -2.15. The fourth-order valence-corrected chi connectivity index (χ4v) is 2.28. The summed E-state index contributed by atoms with van der Waals surface area (Å²) in [7, 11) is 0. The molecule has 3 N–H and O–H groups in total. The molecule has 0 spiro atoms. The van der Waals surface area contributed by atoms with Crippen molar-refractivity contribution in [3.05, 3.63) is 0 Å². The van der Waals surface area contributed by atoms with Crippen molar-refractivity contribution < 1.29 is 19.5 Å². The summed E-state index contributed by atoms with van der Waals surface area (Å²) in [6, 6.07) is -0.491. The van der Waals surface area contributed by atoms with Gasteiger partial charge in [0.2, 0.25) is 5.91 Å². The van der Waals surface area contributed by atoms with Crippen LogP contribution in [0.5, 0.6) is 0 Å². The number of thioether (sulfide) groups is 1. The molecule has 2 unspecified atom stereocenters. The Kier molecular flexibility index (Phi) is 5.27. The van der Waals surface area contributed by atoms with Crippen LogP contribution in [0.15, 0.2) is 0 Å². The minimum atomic E-state index is -0.865. The molecule has 0 radical (unpaired) electrons. The van der Waals surface area contributed by atoms with Crippen molar-refractivity contribution in [2.45, 2.75) is 25.8 Å². The summed E-state index contributed by atoms with van der Waals surface area (Å²) >= 11 is 1.08. The largest absolute Gasteiger partial charge is 0.481 e. The molecule has 1 aliphatic rings. The highest BCUT2D eigenvalue weighted by Gasteiger charge is 2.28. The summed E-state index contributed by atoms with van der Waals surface area (Å²) in [5, 5.41) is 13.7. The summed E-state index contributed by atoms with van der Waals surface area (Å²) in [6.45, 7) is 2.21. The van der Waals surface area contributed by atoms with Crippen LogP contribution in [-0.4, -0.2) is 40.6 Å². The third-order valence-corrected chi connectivity index (χ3v) is 3.48. The second-order valence-electron chi connectivity index (χ2n) is 3.91. The maximum absolute atomic E-state index is 11.6. The molecule has 6 nitrogen and oxygen atoms in total. The van der Waals surface area contributed by atoms with Gasteiger partial charge in [0, 0.05) is 18.7 Å². The lowest BCUT2D eigenvalue weighted by atomic mass is 10.0. The summed E-state index contributed by atoms with van der Waals surface area (Å²) < 4.78 is 0. The summed E-state index contributed by atoms with van der Waals surface area (Å²) in [6.07, 6.45) is 0.737. The third kappa shape index (κ3) is 4.64. The van der Waals surface area contributed by atoms with Crippen molar-refractivity contribution in [1.29, 1.82) is 0 Å². The average Bonchev–Trinajstić information content (AvgIpc) is 2.70. The van der Waals surface area contributed by atoms with Crippen LogP contribution in [0.3, 0.4) is 0 Å². The molecular formula is C10H16N2O4S. The van der Waals surface area contributed by atoms with Gasteiger partial charge >= 0.3 is 5.97 Å². The van der Waals surface area contributed by atoms with Gasteiger partial charge in [0.1, 0.15) is 6.04 Å². The zero-order valence-electron chi connectivity index (χ0n) is 9.56. The fraction of sp³-hybridized carbons (Fsp3) is 0.700. The Morgan fingerprint density at radius 3 is 2.82 bits per heavy atom. The number of carboxylic acid groups (broad SMARTS) is 1. The standard InChI is InChI=1S/C10H16N2O4S/c1-2-6(3-8(13)14)4-11-9(15)7-5-17-10(16)12-7/h6-7H,2-5H2,1H3,(H,11,15)(H,12,16)(H,13,14). The van der Waals surface area contributed by atoms with Gasteiger partial charge in [-0.1, -0.05) is 25.1 Å². The first-order valence-corrected chi connectivity index (χ1v) is 6.44. The van der Waals surface area contributed by atoms with Gasteiger partial charge < -0.3 is 15.7 Å². The first-order valence-electron chi connectivity index (χ1n) is 5.45. The Morgan fingerprint density at radius 1 is 1.65 bits per heavy atom. The van der Waals surface area contributed by atoms with Crippen LogP contribution in [0.2, 0.25) is 0 Å². The van der Waals surface area contributed by atoms with E-state index < -0.39 is 12.0 Å². The van der Waals surface area contributed by atoms with Crippen LogP contribution in [0, 0.1) is 5.92 Å². The van der Waals surface area contributed by atoms with Gasteiger partial charge in [0.05, 0.1) is 0 Å². The highest BCUT2D eigenvalue weighted by atomic mass is 32.2. The molecule has 0 aromatic rings. The van der Waals surface area contributed by atoms with Crippen molar-refractivity contribution in [3.63, 3.8) is 0 Å². The van der Waals surface area contributed by atoms with Crippen LogP contribution in [0.25, 0.3) is 0 Å². The number of aliphatic carboxylic acids is 1. The Hall–Kier alpha value is -1.24. The molecule has 0 aliphatic carbocycles. The summed E-state index contributed by atoms with van der Waals surface area (Å²) in [5.41, 5.74) is 0. The highest BCUT2D eigenvalue weighted by Crippen LogP contribution is 2.13. The van der Waals surface area contributed by atoms with E-state index >= 15 is 0 Å². The van der Waals surface area contributed by atoms with Crippen LogP contribution in [0.4, 0.5) is 4.79 Å². The van der Waals surface area contributed by atoms with Crippen LogP contribution < -0.4 is 10.6 Å². The molecule has 2 atom stereocenters. The minimum Gasteiger partial charge on any atom is -0.481 e. The first-order chi connectivity index (χ1) is 8.02. The molecule has 7 heteroatoms. The zero-order valence-corrected chi connectivity index (χ0v) is 10.4. The van der Waals surface area contributed by atoms with E-state index in [-0.39, 0.29) is 23.5 Å². The molecule has 0 aromatic heterocycles. The maximum Gasteiger partial charge on any atom is 0.303 e. The van der Waals surface area contributed by atoms with E-state index in [0.29, 0.717) is 18.7 Å². The summed E-state index contributed by atoms with van der Waals surface area (Å²) in [5.74, 6) is -0.746. The van der Waals surface area contributed by atoms with Gasteiger partial charge in [-0.2, -0.15) is 0 Å². The van der Waals surface area contributed by atoms with E-state index in [1.165, 1.54) is 0 Å². The van der Waals surface area contributed by atoms with E-state index in [0.717, 1.165) is 11.8 Å². The van der Waals surface area contributed by atoms with Gasteiger partial charge in [-0.3, -0.25) is 14.4 Å². The number of amides is 2. The lowest BCUT2D eigenvalue weighted by Crippen LogP contribution is -2.44. The number of hydrogen-bond acceptors (Lipinski definition) is 4. The Balaban J connectivity index is 2.31. The first kappa shape index (κ1) is 13.8. The van der Waals surface area contributed by atoms with Crippen LogP contribution in [-0.2, 0) is 9.59 Å². The van der Waals surface area contributed by atoms with Crippen LogP contribution >= 0.6 is 11.8 Å². The lowest BCUT2D eigenvalue weighted by molar-refractivity contribution is -0.138. The molecule has 1 aliphatic heterocycles. The van der Waals surface area contributed by atoms with Crippen molar-refractivity contribution in [1.82, 2.24) is 10.6 Å². The molecular weight excluding hydrogens is 244 g/mol. The van der Waals surface area contributed by atoms with Crippen LogP contribution in [0.1, 0.15) is 19.8 Å². The molecule has 0 aromatic carbocycles. The topological polar surface area (TPSA) is 95.5 Å². The predicted octanol–water partition coefficient (Wildman–Crippen LogP) is 0.428. The van der Waals surface area contributed by atoms with E-state index in [9.17, 15) is 14.4 Å². The normalized spacial score (nSPS) is 20.8. The molecule has 1 rings (SSSR count). The number of rotatable bonds is 6. The quantitative estimate of drug-likeness (QED) is 0.643. The second kappa shape index (κ2) is 6.48. The molecule has 0 bridgehead atoms. The minimum absolute atomic E-state index is 0.0442. The summed E-state index contributed by atoms with van der Waals surface area (Å²) in [4.78, 5) is 33.0. The molecule has 1 saturated heterocycles. The molecule has 96 valence electrons. The number of nitrogens with one attached hydrogen (secondary N) is 2. The molecule has 17 heavy (non-hydrogen) atoms. The van der Waals surface area contributed by atoms with E-state index in [1.54, 1.807) is 0 Å². The molecule has 1 fully saturated rings. The average molecular weight is 260 g/mol. The van der Waals surface area contributed by atoms with Gasteiger partial charge in [-0.05, 0) is 5.92 Å². The van der Waals surface area contributed by atoms with Gasteiger partial charge in [-0.15, -0.1) is 0 Å². The third-order valence-electron chi connectivity index (χ3n) is 2.60. The van der Waals surface area contributed by atoms with Crippen molar-refractivity contribution in [3.8, 4) is 0 Å². The second-order valence-corrected chi connectivity index (χ2v) is 4.91. The van der Waals surface area contributed by atoms with Gasteiger partial charge in [0.15, 0.2) is 0 Å². The fourth-order valence-electron chi connectivity index (χ4n) is 1.50. The highest BCUT2D eigenvalue weighted by molar-refractivity contribution is 8.14. The number of carbonyl (C=O) groups excluding carboxylic acids is 2. The van der Waals surface area contributed by atoms with Gasteiger partial charge in [0.25, 0.3) is 5.24 Å². The Bertz CT molecular complexity index is 321. The van der Waals surface area contributed by atoms with Gasteiger partial charge in [-0.25, -0.2) is 0 Å². The molecule has 1 heterocycles. The molecule has 0 saturated carbocycles. The predicted molar refractivity (Wildman–Crippen MR) is 63.8 cm³/mol. The Morgan fingerprint density at radius 2 is 2.35 bits per heavy atom. The van der Waals surface area contributed by atoms with Crippen molar-refractivity contribution in [2.24, 2.45) is 5.92 Å². The number of hydrogen-bond donors (Lipinski definition) is 3. The number of carbonyl (C=O) groups is 3. The SMILES string of the molecule is CCC(CNC(=O)C1CSC(=O)N1)CC(=O)O. The van der Waals surface area contributed by atoms with Crippen molar-refractivity contribution >= 4 is 28.9 Å². The number of carboxylic acids is 1. The van der Waals surface area contributed by atoms with E-state index in [2.05, 4.69) is 10.6 Å². The monoisotopic (exact) mass is 260 g/mol. The molecule has 2 amide bonds. The van der Waals surface area contributed by atoms with E-state index in [4.69, 9.17) is 5.11 Å². The van der Waals surface area contributed by atoms with Crippen molar-refractivity contribution in [2.75, 3.05) is 12.3 Å². The Labute approximate surface area is 104 Å². The zero-order chi connectivity index (χ0) is 12.8. The maximum atomic E-state index is 11.6. The smallest absolute Gasteiger partial charge is 0.303 e. The van der Waals surface area contributed by atoms with E-state index in [1.807, 2.05) is 6.92 Å².